The molecule has 0 aromatic heterocycles. The van der Waals surface area contributed by atoms with Gasteiger partial charge in [-0.05, 0) is 31.0 Å². The summed E-state index contributed by atoms with van der Waals surface area (Å²) in [6.07, 6.45) is 8.65. The molecule has 0 aromatic carbocycles. The first kappa shape index (κ1) is 19.8. The number of carbonyl (C=O) groups is 1. The third kappa shape index (κ3) is 4.57. The molecule has 0 aromatic rings. The summed E-state index contributed by atoms with van der Waals surface area (Å²) in [5.41, 5.74) is 0. The zero-order valence-electron chi connectivity index (χ0n) is 16.1. The molecule has 2 rings (SSSR count). The Morgan fingerprint density at radius 1 is 1.17 bits per heavy atom. The highest BCUT2D eigenvalue weighted by atomic mass is 28.4. The van der Waals surface area contributed by atoms with E-state index in [0.29, 0.717) is 6.42 Å². The van der Waals surface area contributed by atoms with Crippen molar-refractivity contribution in [1.29, 1.82) is 0 Å². The molecule has 5 atom stereocenters. The van der Waals surface area contributed by atoms with Gasteiger partial charge in [0.05, 0.1) is 24.4 Å². The second-order valence-electron chi connectivity index (χ2n) is 8.57. The molecule has 0 amide bonds. The Kier molecular flexibility index (Phi) is 6.45. The fourth-order valence-corrected chi connectivity index (χ4v) is 4.52. The number of hydrogen-bond acceptors (Lipinski definition) is 4. The van der Waals surface area contributed by atoms with Crippen molar-refractivity contribution in [3.05, 3.63) is 12.2 Å². The van der Waals surface area contributed by atoms with E-state index in [1.807, 2.05) is 0 Å². The lowest BCUT2D eigenvalue weighted by Crippen LogP contribution is -2.47. The molecular formula is C19H34O4Si. The Balaban J connectivity index is 2.05. The Bertz CT molecular complexity index is 441. The number of rotatable bonds is 7. The molecule has 0 saturated carbocycles. The van der Waals surface area contributed by atoms with E-state index in [0.717, 1.165) is 25.5 Å². The molecule has 0 spiro atoms. The average molecular weight is 355 g/mol. The van der Waals surface area contributed by atoms with E-state index < -0.39 is 8.32 Å². The number of ether oxygens (including phenoxy) is 2. The fourth-order valence-electron chi connectivity index (χ4n) is 3.16. The van der Waals surface area contributed by atoms with Crippen LogP contribution in [-0.2, 0) is 18.7 Å². The van der Waals surface area contributed by atoms with Gasteiger partial charge in [-0.2, -0.15) is 0 Å². The van der Waals surface area contributed by atoms with E-state index >= 15 is 0 Å². The molecule has 2 saturated heterocycles. The molecule has 2 heterocycles. The van der Waals surface area contributed by atoms with Crippen LogP contribution in [0.2, 0.25) is 18.1 Å². The number of aldehydes is 1. The molecule has 2 aliphatic rings. The molecule has 2 fully saturated rings. The van der Waals surface area contributed by atoms with Crippen LogP contribution >= 0.6 is 0 Å². The molecule has 5 heteroatoms. The van der Waals surface area contributed by atoms with Crippen LogP contribution in [0.4, 0.5) is 0 Å². The Labute approximate surface area is 148 Å². The minimum absolute atomic E-state index is 0.0471. The molecule has 0 radical (unpaired) electrons. The molecule has 4 nitrogen and oxygen atoms in total. The number of fused-ring (bicyclic) bond motifs is 1. The van der Waals surface area contributed by atoms with E-state index in [1.54, 1.807) is 0 Å². The molecule has 2 aliphatic heterocycles. The summed E-state index contributed by atoms with van der Waals surface area (Å²) in [4.78, 5) is 10.9. The van der Waals surface area contributed by atoms with Gasteiger partial charge in [0, 0.05) is 12.8 Å². The van der Waals surface area contributed by atoms with Crippen molar-refractivity contribution in [2.24, 2.45) is 0 Å². The van der Waals surface area contributed by atoms with Crippen LogP contribution in [0.1, 0.15) is 53.4 Å². The van der Waals surface area contributed by atoms with E-state index in [9.17, 15) is 4.79 Å². The highest BCUT2D eigenvalue weighted by Gasteiger charge is 2.48. The first-order chi connectivity index (χ1) is 11.2. The van der Waals surface area contributed by atoms with Gasteiger partial charge < -0.3 is 18.7 Å². The summed E-state index contributed by atoms with van der Waals surface area (Å²) in [5.74, 6) is 0. The minimum Gasteiger partial charge on any atom is -0.411 e. The molecule has 0 unspecified atom stereocenters. The van der Waals surface area contributed by atoms with Crippen LogP contribution in [-0.4, -0.2) is 45.1 Å². The largest absolute Gasteiger partial charge is 0.411 e. The fraction of sp³-hybridized carbons (Fsp3) is 0.842. The van der Waals surface area contributed by atoms with Crippen molar-refractivity contribution in [3.8, 4) is 0 Å². The predicted molar refractivity (Wildman–Crippen MR) is 98.7 cm³/mol. The number of carbonyl (C=O) groups excluding carboxylic acids is 1. The summed E-state index contributed by atoms with van der Waals surface area (Å²) in [6.45, 7) is 13.5. The molecule has 24 heavy (non-hydrogen) atoms. The maximum atomic E-state index is 10.9. The third-order valence-corrected chi connectivity index (χ3v) is 10.1. The van der Waals surface area contributed by atoms with Crippen molar-refractivity contribution in [3.63, 3.8) is 0 Å². The van der Waals surface area contributed by atoms with Gasteiger partial charge >= 0.3 is 0 Å². The van der Waals surface area contributed by atoms with Crippen LogP contribution in [0, 0.1) is 0 Å². The van der Waals surface area contributed by atoms with Crippen LogP contribution in [0.5, 0.6) is 0 Å². The Morgan fingerprint density at radius 2 is 1.83 bits per heavy atom. The SMILES string of the molecule is CC/C=C/C[C@H](O[Si](C)(C)C(C)(C)C)[C@H]1C[C@H]2O[C@H](C=O)C[C@H]2O1. The normalized spacial score (nSPS) is 32.2. The lowest BCUT2D eigenvalue weighted by Gasteiger charge is -2.40. The second kappa shape index (κ2) is 7.81. The number of allylic oxidation sites excluding steroid dienone is 1. The van der Waals surface area contributed by atoms with Gasteiger partial charge in [-0.3, -0.25) is 0 Å². The minimum atomic E-state index is -1.86. The zero-order chi connectivity index (χ0) is 18.0. The molecule has 138 valence electrons. The molecule has 0 aliphatic carbocycles. The Morgan fingerprint density at radius 3 is 2.38 bits per heavy atom. The molecule has 0 N–H and O–H groups in total. The van der Waals surface area contributed by atoms with Crippen molar-refractivity contribution in [2.45, 2.75) is 102 Å². The predicted octanol–water partition coefficient (Wildman–Crippen LogP) is 4.25. The average Bonchev–Trinajstić information content (AvgIpc) is 3.03. The van der Waals surface area contributed by atoms with Crippen LogP contribution in [0.3, 0.4) is 0 Å². The topological polar surface area (TPSA) is 44.8 Å². The summed E-state index contributed by atoms with van der Waals surface area (Å²) < 4.78 is 18.7. The summed E-state index contributed by atoms with van der Waals surface area (Å²) in [6, 6.07) is 0. The van der Waals surface area contributed by atoms with E-state index in [4.69, 9.17) is 13.9 Å². The maximum absolute atomic E-state index is 10.9. The molecule has 0 bridgehead atoms. The first-order valence-corrected chi connectivity index (χ1v) is 12.2. The monoisotopic (exact) mass is 354 g/mol. The number of hydrogen-bond donors (Lipinski definition) is 0. The van der Waals surface area contributed by atoms with Crippen molar-refractivity contribution in [1.82, 2.24) is 0 Å². The smallest absolute Gasteiger partial charge is 0.192 e. The van der Waals surface area contributed by atoms with E-state index in [2.05, 4.69) is 52.9 Å². The Hall–Kier alpha value is -0.493. The van der Waals surface area contributed by atoms with Crippen LogP contribution in [0.15, 0.2) is 12.2 Å². The maximum Gasteiger partial charge on any atom is 0.192 e. The van der Waals surface area contributed by atoms with Gasteiger partial charge in [0.25, 0.3) is 0 Å². The van der Waals surface area contributed by atoms with Gasteiger partial charge in [-0.15, -0.1) is 0 Å². The van der Waals surface area contributed by atoms with E-state index in [1.165, 1.54) is 0 Å². The highest BCUT2D eigenvalue weighted by Crippen LogP contribution is 2.41. The highest BCUT2D eigenvalue weighted by molar-refractivity contribution is 6.74. The second-order valence-corrected chi connectivity index (χ2v) is 13.3. The van der Waals surface area contributed by atoms with Crippen molar-refractivity contribution in [2.75, 3.05) is 0 Å². The summed E-state index contributed by atoms with van der Waals surface area (Å²) in [7, 11) is -1.86. The third-order valence-electron chi connectivity index (χ3n) is 5.63. The van der Waals surface area contributed by atoms with Crippen molar-refractivity contribution >= 4 is 14.6 Å². The van der Waals surface area contributed by atoms with E-state index in [-0.39, 0.29) is 35.6 Å². The lowest BCUT2D eigenvalue weighted by atomic mass is 10.0. The van der Waals surface area contributed by atoms with Crippen LogP contribution in [0.25, 0.3) is 0 Å². The van der Waals surface area contributed by atoms with Gasteiger partial charge in [-0.1, -0.05) is 39.8 Å². The van der Waals surface area contributed by atoms with Gasteiger partial charge in [0.15, 0.2) is 8.32 Å². The lowest BCUT2D eigenvalue weighted by molar-refractivity contribution is -0.117. The summed E-state index contributed by atoms with van der Waals surface area (Å²) >= 11 is 0. The van der Waals surface area contributed by atoms with Gasteiger partial charge in [0.2, 0.25) is 0 Å². The zero-order valence-corrected chi connectivity index (χ0v) is 17.1. The van der Waals surface area contributed by atoms with Gasteiger partial charge in [-0.25, -0.2) is 0 Å². The summed E-state index contributed by atoms with van der Waals surface area (Å²) in [5, 5.41) is 0.174. The van der Waals surface area contributed by atoms with Crippen molar-refractivity contribution < 1.29 is 18.7 Å². The van der Waals surface area contributed by atoms with Crippen LogP contribution < -0.4 is 0 Å². The first-order valence-electron chi connectivity index (χ1n) is 9.27. The van der Waals surface area contributed by atoms with Gasteiger partial charge in [0.1, 0.15) is 12.4 Å². The standard InChI is InChI=1S/C19H34O4Si/c1-7-8-9-10-15(23-24(5,6)19(2,3)4)17-12-18-16(22-17)11-14(13-20)21-18/h8-9,13-18H,7,10-12H2,1-6H3/b9-8+/t14-,15-,16+,17+,18+/m0/s1. The quantitative estimate of drug-likeness (QED) is 0.389. The molecular weight excluding hydrogens is 320 g/mol.